The predicted molar refractivity (Wildman–Crippen MR) is 74.5 cm³/mol. The molecule has 0 radical (unpaired) electrons. The average molecular weight is 267 g/mol. The summed E-state index contributed by atoms with van der Waals surface area (Å²) in [5.41, 5.74) is 4.20. The Kier molecular flexibility index (Phi) is 2.95. The Hall–Kier alpha value is -2.69. The zero-order valence-electron chi connectivity index (χ0n) is 11.2. The van der Waals surface area contributed by atoms with Crippen LogP contribution in [0.5, 0.6) is 0 Å². The molecular formula is C15H13N3O2. The third-order valence-electron chi connectivity index (χ3n) is 3.11. The number of hydrogen-bond donors (Lipinski definition) is 0. The maximum Gasteiger partial charge on any atom is 0.337 e. The highest BCUT2D eigenvalue weighted by molar-refractivity contribution is 5.91. The van der Waals surface area contributed by atoms with Crippen molar-refractivity contribution in [2.45, 2.75) is 6.92 Å². The Labute approximate surface area is 115 Å². The normalized spacial score (nSPS) is 10.7. The molecule has 0 unspecified atom stereocenters. The average Bonchev–Trinajstić information content (AvgIpc) is 2.93. The number of carbonyl (C=O) groups excluding carboxylic acids is 1. The minimum atomic E-state index is -0.350. The highest BCUT2D eigenvalue weighted by atomic mass is 16.5. The van der Waals surface area contributed by atoms with E-state index in [9.17, 15) is 4.79 Å². The molecule has 0 aliphatic heterocycles. The second-order valence-corrected chi connectivity index (χ2v) is 4.53. The first kappa shape index (κ1) is 12.3. The topological polar surface area (TPSA) is 56.5 Å². The molecule has 0 fully saturated rings. The Morgan fingerprint density at radius 2 is 2.15 bits per heavy atom. The third kappa shape index (κ3) is 2.03. The lowest BCUT2D eigenvalue weighted by Crippen LogP contribution is -2.01. The molecule has 0 saturated carbocycles. The van der Waals surface area contributed by atoms with E-state index >= 15 is 0 Å². The fraction of sp³-hybridized carbons (Fsp3) is 0.133. The second-order valence-electron chi connectivity index (χ2n) is 4.53. The van der Waals surface area contributed by atoms with Gasteiger partial charge in [-0.05, 0) is 36.2 Å². The Morgan fingerprint density at radius 1 is 1.30 bits per heavy atom. The van der Waals surface area contributed by atoms with Gasteiger partial charge in [0.15, 0.2) is 5.65 Å². The summed E-state index contributed by atoms with van der Waals surface area (Å²) in [4.78, 5) is 15.9. The Bertz CT molecular complexity index is 793. The molecule has 0 aliphatic rings. The summed E-state index contributed by atoms with van der Waals surface area (Å²) in [5, 5.41) is 4.15. The first-order chi connectivity index (χ1) is 9.69. The maximum absolute atomic E-state index is 11.6. The SMILES string of the molecule is COC(=O)c1cccc(-c2cc(C)cn3ncnc23)c1. The van der Waals surface area contributed by atoms with Crippen molar-refractivity contribution in [3.05, 3.63) is 54.0 Å². The molecule has 5 nitrogen and oxygen atoms in total. The molecule has 2 heterocycles. The van der Waals surface area contributed by atoms with Crippen LogP contribution in [0.2, 0.25) is 0 Å². The van der Waals surface area contributed by atoms with Crippen LogP contribution in [0.25, 0.3) is 16.8 Å². The van der Waals surface area contributed by atoms with Crippen LogP contribution in [0.3, 0.4) is 0 Å². The number of hydrogen-bond acceptors (Lipinski definition) is 4. The van der Waals surface area contributed by atoms with Crippen molar-refractivity contribution in [2.24, 2.45) is 0 Å². The lowest BCUT2D eigenvalue weighted by Gasteiger charge is -2.07. The highest BCUT2D eigenvalue weighted by Crippen LogP contribution is 2.25. The third-order valence-corrected chi connectivity index (χ3v) is 3.11. The molecule has 2 aromatic heterocycles. The van der Waals surface area contributed by atoms with Gasteiger partial charge < -0.3 is 4.74 Å². The van der Waals surface area contributed by atoms with E-state index in [1.807, 2.05) is 31.3 Å². The van der Waals surface area contributed by atoms with Gasteiger partial charge in [-0.3, -0.25) is 0 Å². The van der Waals surface area contributed by atoms with Crippen LogP contribution >= 0.6 is 0 Å². The van der Waals surface area contributed by atoms with Crippen molar-refractivity contribution in [1.29, 1.82) is 0 Å². The second kappa shape index (κ2) is 4.77. The van der Waals surface area contributed by atoms with Crippen LogP contribution in [0.15, 0.2) is 42.9 Å². The van der Waals surface area contributed by atoms with Gasteiger partial charge in [0.25, 0.3) is 0 Å². The van der Waals surface area contributed by atoms with Crippen LogP contribution < -0.4 is 0 Å². The van der Waals surface area contributed by atoms with E-state index in [0.29, 0.717) is 5.56 Å². The number of methoxy groups -OCH3 is 1. The summed E-state index contributed by atoms with van der Waals surface area (Å²) in [6, 6.07) is 9.33. The number of aryl methyl sites for hydroxylation is 1. The van der Waals surface area contributed by atoms with Crippen molar-refractivity contribution in [3.8, 4) is 11.1 Å². The van der Waals surface area contributed by atoms with Gasteiger partial charge in [-0.15, -0.1) is 0 Å². The van der Waals surface area contributed by atoms with E-state index in [0.717, 1.165) is 22.3 Å². The number of carbonyl (C=O) groups is 1. The molecule has 0 aliphatic carbocycles. The Morgan fingerprint density at radius 3 is 2.95 bits per heavy atom. The van der Waals surface area contributed by atoms with Crippen molar-refractivity contribution in [2.75, 3.05) is 7.11 Å². The lowest BCUT2D eigenvalue weighted by molar-refractivity contribution is 0.0601. The smallest absolute Gasteiger partial charge is 0.337 e. The van der Waals surface area contributed by atoms with Crippen molar-refractivity contribution < 1.29 is 9.53 Å². The number of esters is 1. The molecule has 1 aromatic carbocycles. The van der Waals surface area contributed by atoms with E-state index in [2.05, 4.69) is 10.1 Å². The van der Waals surface area contributed by atoms with E-state index in [-0.39, 0.29) is 5.97 Å². The first-order valence-corrected chi connectivity index (χ1v) is 6.18. The van der Waals surface area contributed by atoms with Crippen LogP contribution in [-0.4, -0.2) is 27.7 Å². The quantitative estimate of drug-likeness (QED) is 0.669. The van der Waals surface area contributed by atoms with Crippen LogP contribution in [0.1, 0.15) is 15.9 Å². The zero-order chi connectivity index (χ0) is 14.1. The fourth-order valence-electron chi connectivity index (χ4n) is 2.20. The van der Waals surface area contributed by atoms with Gasteiger partial charge in [-0.25, -0.2) is 14.3 Å². The summed E-state index contributed by atoms with van der Waals surface area (Å²) in [5.74, 6) is -0.350. The van der Waals surface area contributed by atoms with Crippen LogP contribution in [-0.2, 0) is 4.74 Å². The molecule has 0 atom stereocenters. The van der Waals surface area contributed by atoms with Gasteiger partial charge in [0.2, 0.25) is 0 Å². The number of fused-ring (bicyclic) bond motifs is 1. The molecule has 100 valence electrons. The molecule has 5 heteroatoms. The molecule has 3 rings (SSSR count). The number of pyridine rings is 1. The van der Waals surface area contributed by atoms with Gasteiger partial charge in [-0.1, -0.05) is 12.1 Å². The predicted octanol–water partition coefficient (Wildman–Crippen LogP) is 2.49. The van der Waals surface area contributed by atoms with Gasteiger partial charge in [0, 0.05) is 11.8 Å². The monoisotopic (exact) mass is 267 g/mol. The van der Waals surface area contributed by atoms with Gasteiger partial charge in [-0.2, -0.15) is 5.10 Å². The number of nitrogens with zero attached hydrogens (tertiary/aromatic N) is 3. The minimum absolute atomic E-state index is 0.350. The maximum atomic E-state index is 11.6. The van der Waals surface area contributed by atoms with Crippen molar-refractivity contribution >= 4 is 11.6 Å². The molecule has 0 amide bonds. The van der Waals surface area contributed by atoms with E-state index in [4.69, 9.17) is 4.74 Å². The summed E-state index contributed by atoms with van der Waals surface area (Å²) in [6.07, 6.45) is 3.43. The summed E-state index contributed by atoms with van der Waals surface area (Å²) in [7, 11) is 1.37. The van der Waals surface area contributed by atoms with E-state index in [1.54, 1.807) is 16.6 Å². The first-order valence-electron chi connectivity index (χ1n) is 6.18. The zero-order valence-corrected chi connectivity index (χ0v) is 11.2. The minimum Gasteiger partial charge on any atom is -0.465 e. The molecular weight excluding hydrogens is 254 g/mol. The van der Waals surface area contributed by atoms with E-state index < -0.39 is 0 Å². The van der Waals surface area contributed by atoms with Crippen molar-refractivity contribution in [1.82, 2.24) is 14.6 Å². The number of benzene rings is 1. The summed E-state index contributed by atoms with van der Waals surface area (Å²) in [6.45, 7) is 1.99. The Balaban J connectivity index is 2.20. The molecule has 0 spiro atoms. The van der Waals surface area contributed by atoms with Gasteiger partial charge >= 0.3 is 5.97 Å². The molecule has 20 heavy (non-hydrogen) atoms. The highest BCUT2D eigenvalue weighted by Gasteiger charge is 2.11. The molecule has 3 aromatic rings. The molecule has 0 saturated heterocycles. The van der Waals surface area contributed by atoms with Crippen LogP contribution in [0, 0.1) is 6.92 Å². The molecule has 0 N–H and O–H groups in total. The lowest BCUT2D eigenvalue weighted by atomic mass is 10.0. The summed E-state index contributed by atoms with van der Waals surface area (Å²) < 4.78 is 6.48. The molecule has 0 bridgehead atoms. The van der Waals surface area contributed by atoms with E-state index in [1.165, 1.54) is 13.4 Å². The van der Waals surface area contributed by atoms with Gasteiger partial charge in [0.05, 0.1) is 12.7 Å². The summed E-state index contributed by atoms with van der Waals surface area (Å²) >= 11 is 0. The number of ether oxygens (including phenoxy) is 1. The standard InChI is InChI=1S/C15H13N3O2/c1-10-6-13(14-16-9-17-18(14)8-10)11-4-3-5-12(7-11)15(19)20-2/h3-9H,1-2H3. The fourth-order valence-corrected chi connectivity index (χ4v) is 2.20. The van der Waals surface area contributed by atoms with Gasteiger partial charge in [0.1, 0.15) is 6.33 Å². The number of rotatable bonds is 2. The van der Waals surface area contributed by atoms with Crippen LogP contribution in [0.4, 0.5) is 0 Å². The largest absolute Gasteiger partial charge is 0.465 e. The van der Waals surface area contributed by atoms with Crippen molar-refractivity contribution in [3.63, 3.8) is 0 Å². The number of aromatic nitrogens is 3.